The molecule has 2 fully saturated rings. The molecule has 3 rings (SSSR count). The predicted molar refractivity (Wildman–Crippen MR) is 105 cm³/mol. The number of ether oxygens (including phenoxy) is 1. The van der Waals surface area contributed by atoms with Crippen LogP contribution in [0, 0.1) is 23.4 Å². The molecule has 34 heavy (non-hydrogen) atoms. The number of halogens is 6. The minimum atomic E-state index is -4.79. The number of alkyl halides is 3. The van der Waals surface area contributed by atoms with Crippen LogP contribution in [0.15, 0.2) is 12.1 Å². The molecule has 0 radical (unpaired) electrons. The number of esters is 1. The van der Waals surface area contributed by atoms with Gasteiger partial charge in [0.25, 0.3) is 0 Å². The van der Waals surface area contributed by atoms with E-state index < -0.39 is 78.6 Å². The van der Waals surface area contributed by atoms with Crippen LogP contribution in [0.1, 0.15) is 44.1 Å². The Balaban J connectivity index is 1.81. The van der Waals surface area contributed by atoms with Gasteiger partial charge in [0.1, 0.15) is 18.4 Å². The number of amides is 2. The Labute approximate surface area is 191 Å². The van der Waals surface area contributed by atoms with Gasteiger partial charge in [-0.1, -0.05) is 12.8 Å². The van der Waals surface area contributed by atoms with Crippen molar-refractivity contribution in [2.24, 2.45) is 5.92 Å². The average Bonchev–Trinajstić information content (AvgIpc) is 3.51. The molecule has 1 saturated heterocycles. The molecule has 6 nitrogen and oxygen atoms in total. The maximum absolute atomic E-state index is 14.1. The van der Waals surface area contributed by atoms with Gasteiger partial charge in [0, 0.05) is 37.1 Å². The highest BCUT2D eigenvalue weighted by atomic mass is 19.4. The first-order valence-electron chi connectivity index (χ1n) is 10.8. The molecule has 0 N–H and O–H groups in total. The van der Waals surface area contributed by atoms with E-state index in [9.17, 15) is 40.7 Å². The number of benzene rings is 1. The van der Waals surface area contributed by atoms with E-state index in [1.54, 1.807) is 0 Å². The van der Waals surface area contributed by atoms with E-state index in [1.807, 2.05) is 0 Å². The largest absolute Gasteiger partial charge is 0.467 e. The van der Waals surface area contributed by atoms with E-state index in [1.165, 1.54) is 0 Å². The zero-order chi connectivity index (χ0) is 25.2. The Morgan fingerprint density at radius 1 is 1.18 bits per heavy atom. The molecule has 2 atom stereocenters. The number of carbonyl (C=O) groups is 3. The number of rotatable bonds is 9. The van der Waals surface area contributed by atoms with Gasteiger partial charge in [-0.3, -0.25) is 9.59 Å². The quantitative estimate of drug-likeness (QED) is 0.298. The van der Waals surface area contributed by atoms with Crippen molar-refractivity contribution in [2.45, 2.75) is 63.3 Å². The highest BCUT2D eigenvalue weighted by Crippen LogP contribution is 2.36. The van der Waals surface area contributed by atoms with E-state index in [4.69, 9.17) is 0 Å². The molecule has 2 amide bonds. The van der Waals surface area contributed by atoms with Crippen molar-refractivity contribution < 1.29 is 45.5 Å². The molecular weight excluding hydrogens is 470 g/mol. The van der Waals surface area contributed by atoms with Gasteiger partial charge in [0.15, 0.2) is 11.6 Å². The van der Waals surface area contributed by atoms with Gasteiger partial charge in [-0.2, -0.15) is 13.2 Å². The number of nitrogens with zero attached hydrogens (tertiary/aromatic N) is 2. The number of hydrogen-bond acceptors (Lipinski definition) is 4. The molecule has 1 aliphatic heterocycles. The molecule has 2 aliphatic rings. The first-order chi connectivity index (χ1) is 15.9. The number of likely N-dealkylation sites (tertiary alicyclic amines) is 1. The molecule has 0 bridgehead atoms. The molecular formula is C22H24F6N2O4. The van der Waals surface area contributed by atoms with Crippen LogP contribution in [0.25, 0.3) is 0 Å². The van der Waals surface area contributed by atoms with Crippen molar-refractivity contribution in [1.29, 1.82) is 0 Å². The lowest BCUT2D eigenvalue weighted by Crippen LogP contribution is -2.51. The van der Waals surface area contributed by atoms with Gasteiger partial charge in [0.2, 0.25) is 11.8 Å². The Bertz CT molecular complexity index is 950. The molecule has 1 aromatic rings. The van der Waals surface area contributed by atoms with Crippen molar-refractivity contribution in [3.63, 3.8) is 0 Å². The lowest BCUT2D eigenvalue weighted by Gasteiger charge is -2.33. The normalized spacial score (nSPS) is 19.3. The van der Waals surface area contributed by atoms with Crippen molar-refractivity contribution in [2.75, 3.05) is 13.7 Å². The van der Waals surface area contributed by atoms with Crippen molar-refractivity contribution in [1.82, 2.24) is 9.80 Å². The average molecular weight is 494 g/mol. The number of methoxy groups -OCH3 is 1. The van der Waals surface area contributed by atoms with E-state index >= 15 is 0 Å². The third-order valence-electron chi connectivity index (χ3n) is 6.04. The van der Waals surface area contributed by atoms with Crippen LogP contribution in [0.5, 0.6) is 0 Å². The smallest absolute Gasteiger partial charge is 0.406 e. The summed E-state index contributed by atoms with van der Waals surface area (Å²) in [5.74, 6) is -6.41. The third-order valence-corrected chi connectivity index (χ3v) is 6.04. The number of carbonyl (C=O) groups excluding carboxylic acids is 3. The molecule has 1 saturated carbocycles. The summed E-state index contributed by atoms with van der Waals surface area (Å²) in [6.07, 6.45) is -3.88. The van der Waals surface area contributed by atoms with E-state index in [-0.39, 0.29) is 25.2 Å². The van der Waals surface area contributed by atoms with Crippen LogP contribution in [-0.4, -0.2) is 59.5 Å². The highest BCUT2D eigenvalue weighted by Gasteiger charge is 2.43. The second-order valence-electron chi connectivity index (χ2n) is 8.63. The maximum Gasteiger partial charge on any atom is 0.406 e. The Hall–Kier alpha value is -2.79. The van der Waals surface area contributed by atoms with E-state index in [0.29, 0.717) is 17.0 Å². The van der Waals surface area contributed by atoms with Gasteiger partial charge in [-0.05, 0) is 24.8 Å². The predicted octanol–water partition coefficient (Wildman–Crippen LogP) is 3.72. The van der Waals surface area contributed by atoms with Gasteiger partial charge >= 0.3 is 12.1 Å². The van der Waals surface area contributed by atoms with Gasteiger partial charge in [-0.15, -0.1) is 0 Å². The molecule has 1 aromatic carbocycles. The Morgan fingerprint density at radius 3 is 2.44 bits per heavy atom. The highest BCUT2D eigenvalue weighted by molar-refractivity contribution is 5.86. The van der Waals surface area contributed by atoms with Gasteiger partial charge < -0.3 is 14.5 Å². The van der Waals surface area contributed by atoms with E-state index in [0.717, 1.165) is 24.9 Å². The first-order valence-corrected chi connectivity index (χ1v) is 10.8. The molecule has 12 heteroatoms. The Kier molecular flexibility index (Phi) is 7.77. The standard InChI is InChI=1S/C22H24F6N2O4/c1-34-21(33)17(6-12-2-3-12)30(11-22(26,27)28)19(32)9-15-4-5-18(31)29(15)10-13-7-14(23)8-16(24)20(13)25/h7-8,12,15,17H,2-6,9-11H2,1H3/t15-,17-/m0/s1. The van der Waals surface area contributed by atoms with Crippen LogP contribution >= 0.6 is 0 Å². The van der Waals surface area contributed by atoms with E-state index in [2.05, 4.69) is 4.74 Å². The summed E-state index contributed by atoms with van der Waals surface area (Å²) < 4.78 is 85.7. The number of hydrogen-bond donors (Lipinski definition) is 0. The van der Waals surface area contributed by atoms with Gasteiger partial charge in [0.05, 0.1) is 7.11 Å². The monoisotopic (exact) mass is 494 g/mol. The molecule has 0 aromatic heterocycles. The molecule has 1 heterocycles. The van der Waals surface area contributed by atoms with Crippen LogP contribution in [0.4, 0.5) is 26.3 Å². The first kappa shape index (κ1) is 25.8. The summed E-state index contributed by atoms with van der Waals surface area (Å²) >= 11 is 0. The van der Waals surface area contributed by atoms with Crippen LogP contribution in [0.3, 0.4) is 0 Å². The second-order valence-corrected chi connectivity index (χ2v) is 8.63. The third kappa shape index (κ3) is 6.41. The van der Waals surface area contributed by atoms with Crippen LogP contribution in [-0.2, 0) is 25.7 Å². The molecule has 0 unspecified atom stereocenters. The van der Waals surface area contributed by atoms with Crippen LogP contribution in [0.2, 0.25) is 0 Å². The Morgan fingerprint density at radius 2 is 1.85 bits per heavy atom. The second kappa shape index (κ2) is 10.2. The fourth-order valence-electron chi connectivity index (χ4n) is 4.17. The molecule has 188 valence electrons. The minimum Gasteiger partial charge on any atom is -0.467 e. The fraction of sp³-hybridized carbons (Fsp3) is 0.591. The summed E-state index contributed by atoms with van der Waals surface area (Å²) in [5, 5.41) is 0. The van der Waals surface area contributed by atoms with Crippen molar-refractivity contribution in [3.8, 4) is 0 Å². The summed E-state index contributed by atoms with van der Waals surface area (Å²) in [6, 6.07) is -1.32. The van der Waals surface area contributed by atoms with Crippen molar-refractivity contribution in [3.05, 3.63) is 35.1 Å². The zero-order valence-electron chi connectivity index (χ0n) is 18.3. The summed E-state index contributed by atoms with van der Waals surface area (Å²) in [7, 11) is 1.02. The fourth-order valence-corrected chi connectivity index (χ4v) is 4.17. The SMILES string of the molecule is COC(=O)[C@H](CC1CC1)N(CC(F)(F)F)C(=O)C[C@@H]1CCC(=O)N1Cc1cc(F)cc(F)c1F. The minimum absolute atomic E-state index is 0.00281. The molecule has 0 spiro atoms. The maximum atomic E-state index is 14.1. The van der Waals surface area contributed by atoms with Crippen molar-refractivity contribution >= 4 is 17.8 Å². The van der Waals surface area contributed by atoms with Crippen LogP contribution < -0.4 is 0 Å². The summed E-state index contributed by atoms with van der Waals surface area (Å²) in [6.45, 7) is -2.23. The topological polar surface area (TPSA) is 66.9 Å². The molecule has 1 aliphatic carbocycles. The lowest BCUT2D eigenvalue weighted by molar-refractivity contribution is -0.174. The van der Waals surface area contributed by atoms with Gasteiger partial charge in [-0.25, -0.2) is 18.0 Å². The summed E-state index contributed by atoms with van der Waals surface area (Å²) in [4.78, 5) is 39.0. The summed E-state index contributed by atoms with van der Waals surface area (Å²) in [5.41, 5.74) is -0.460. The lowest BCUT2D eigenvalue weighted by atomic mass is 10.0. The zero-order valence-corrected chi connectivity index (χ0v) is 18.3.